The third-order valence-corrected chi connectivity index (χ3v) is 1.50. The van der Waals surface area contributed by atoms with Crippen LogP contribution >= 0.6 is 0 Å². The molecule has 0 bridgehead atoms. The van der Waals surface area contributed by atoms with Gasteiger partial charge in [-0.05, 0) is 0 Å². The lowest BCUT2D eigenvalue weighted by atomic mass is 11.6. The molecule has 0 fully saturated rings. The Labute approximate surface area is 47.8 Å². The molecule has 0 aliphatic carbocycles. The summed E-state index contributed by atoms with van der Waals surface area (Å²) in [5.41, 5.74) is -5.91. The fourth-order valence-electron chi connectivity index (χ4n) is 0. The minimum absolute atomic E-state index is 0.614. The standard InChI is InChI=1S/C2H3F5OS/c1-9(6,7,8)2(3,4)5/h1H3. The summed E-state index contributed by atoms with van der Waals surface area (Å²) in [6, 6.07) is 0. The van der Waals surface area contributed by atoms with E-state index in [9.17, 15) is 25.2 Å². The first-order valence-corrected chi connectivity index (χ1v) is 3.83. The lowest BCUT2D eigenvalue weighted by Crippen LogP contribution is -2.36. The van der Waals surface area contributed by atoms with Crippen molar-refractivity contribution in [3.8, 4) is 0 Å². The van der Waals surface area contributed by atoms with Gasteiger partial charge in [0.25, 0.3) is 0 Å². The molecule has 0 aromatic heterocycles. The number of hydrogen-bond donors (Lipinski definition) is 0. The van der Waals surface area contributed by atoms with Gasteiger partial charge in [0.2, 0.25) is 9.84 Å². The molecule has 9 heavy (non-hydrogen) atoms. The lowest BCUT2D eigenvalue weighted by molar-refractivity contribution is -0.0552. The molecule has 0 atom stereocenters. The van der Waals surface area contributed by atoms with Crippen LogP contribution in [0.25, 0.3) is 0 Å². The van der Waals surface area contributed by atoms with Crippen LogP contribution in [-0.2, 0) is 9.84 Å². The van der Waals surface area contributed by atoms with E-state index >= 15 is 0 Å². The van der Waals surface area contributed by atoms with Gasteiger partial charge in [-0.15, -0.1) is 7.77 Å². The lowest BCUT2D eigenvalue weighted by Gasteiger charge is -2.21. The molecule has 0 N–H and O–H groups in total. The van der Waals surface area contributed by atoms with Crippen LogP contribution in [0.15, 0.2) is 0 Å². The topological polar surface area (TPSA) is 17.1 Å². The minimum atomic E-state index is -7.33. The molecule has 1 nitrogen and oxygen atoms in total. The van der Waals surface area contributed by atoms with Gasteiger partial charge in [-0.2, -0.15) is 13.2 Å². The highest BCUT2D eigenvalue weighted by Gasteiger charge is 2.58. The van der Waals surface area contributed by atoms with Crippen LogP contribution in [0.1, 0.15) is 0 Å². The van der Waals surface area contributed by atoms with E-state index in [1.54, 1.807) is 0 Å². The van der Waals surface area contributed by atoms with E-state index in [1.165, 1.54) is 0 Å². The number of halogens is 5. The SMILES string of the molecule is CS(=O)(F)(F)C(F)(F)F. The van der Waals surface area contributed by atoms with Gasteiger partial charge in [-0.1, -0.05) is 0 Å². The van der Waals surface area contributed by atoms with Crippen molar-refractivity contribution in [2.45, 2.75) is 5.51 Å². The molecule has 0 radical (unpaired) electrons. The Hall–Kier alpha value is -0.200. The van der Waals surface area contributed by atoms with E-state index in [1.807, 2.05) is 0 Å². The third-order valence-electron chi connectivity index (χ3n) is 0.501. The maximum Gasteiger partial charge on any atom is 0.501 e. The zero-order valence-corrected chi connectivity index (χ0v) is 5.02. The van der Waals surface area contributed by atoms with Gasteiger partial charge >= 0.3 is 5.51 Å². The van der Waals surface area contributed by atoms with E-state index in [0.29, 0.717) is 0 Å². The van der Waals surface area contributed by atoms with Crippen LogP contribution in [0.5, 0.6) is 0 Å². The summed E-state index contributed by atoms with van der Waals surface area (Å²) in [6.45, 7) is 0. The van der Waals surface area contributed by atoms with Crippen molar-refractivity contribution in [3.05, 3.63) is 0 Å². The summed E-state index contributed by atoms with van der Waals surface area (Å²) in [7, 11) is -7.33. The van der Waals surface area contributed by atoms with Gasteiger partial charge in [0.1, 0.15) is 0 Å². The fraction of sp³-hybridized carbons (Fsp3) is 1.00. The first-order valence-electron chi connectivity index (χ1n) is 1.65. The van der Waals surface area contributed by atoms with Crippen molar-refractivity contribution in [1.82, 2.24) is 0 Å². The van der Waals surface area contributed by atoms with Gasteiger partial charge in [-0.25, -0.2) is 4.21 Å². The second-order valence-corrected chi connectivity index (χ2v) is 4.21. The summed E-state index contributed by atoms with van der Waals surface area (Å²) >= 11 is 0. The van der Waals surface area contributed by atoms with Crippen molar-refractivity contribution in [2.24, 2.45) is 0 Å². The Kier molecular flexibility index (Phi) is 1.41. The summed E-state index contributed by atoms with van der Waals surface area (Å²) in [5.74, 6) is 0. The van der Waals surface area contributed by atoms with E-state index in [-0.39, 0.29) is 0 Å². The monoisotopic (exact) mass is 170 g/mol. The van der Waals surface area contributed by atoms with Crippen LogP contribution in [0.2, 0.25) is 0 Å². The maximum absolute atomic E-state index is 11.3. The second kappa shape index (κ2) is 1.44. The van der Waals surface area contributed by atoms with Crippen LogP contribution in [-0.4, -0.2) is 16.0 Å². The Bertz CT molecular complexity index is 163. The predicted octanol–water partition coefficient (Wildman–Crippen LogP) is 1.73. The van der Waals surface area contributed by atoms with Crippen molar-refractivity contribution >= 4 is 9.84 Å². The van der Waals surface area contributed by atoms with Gasteiger partial charge in [-0.3, -0.25) is 0 Å². The molecule has 0 spiro atoms. The smallest absolute Gasteiger partial charge is 0.214 e. The Morgan fingerprint density at radius 1 is 1.22 bits per heavy atom. The highest BCUT2D eigenvalue weighted by Crippen LogP contribution is 2.43. The largest absolute Gasteiger partial charge is 0.501 e. The highest BCUT2D eigenvalue weighted by atomic mass is 32.3. The quantitative estimate of drug-likeness (QED) is 0.399. The normalized spacial score (nSPS) is 18.7. The molecule has 0 rings (SSSR count). The fourth-order valence-corrected chi connectivity index (χ4v) is 0. The Morgan fingerprint density at radius 2 is 1.33 bits per heavy atom. The second-order valence-electron chi connectivity index (χ2n) is 1.55. The van der Waals surface area contributed by atoms with Gasteiger partial charge in [0, 0.05) is 0 Å². The number of hydrogen-bond acceptors (Lipinski definition) is 1. The zero-order chi connectivity index (χ0) is 7.95. The zero-order valence-electron chi connectivity index (χ0n) is 4.21. The van der Waals surface area contributed by atoms with Crippen LogP contribution in [0, 0.1) is 0 Å². The molecule has 0 aliphatic rings. The predicted molar refractivity (Wildman–Crippen MR) is 22.3 cm³/mol. The molecular formula is C2H3F5OS. The summed E-state index contributed by atoms with van der Waals surface area (Å²) in [5, 5.41) is 0. The van der Waals surface area contributed by atoms with E-state index < -0.39 is 21.6 Å². The van der Waals surface area contributed by atoms with Gasteiger partial charge in [0.15, 0.2) is 0 Å². The average Bonchev–Trinajstić information content (AvgIpc) is 1.20. The van der Waals surface area contributed by atoms with Crippen LogP contribution in [0.3, 0.4) is 0 Å². The van der Waals surface area contributed by atoms with Crippen LogP contribution in [0.4, 0.5) is 20.9 Å². The molecule has 0 unspecified atom stereocenters. The van der Waals surface area contributed by atoms with Crippen molar-refractivity contribution in [2.75, 3.05) is 6.26 Å². The molecule has 0 saturated carbocycles. The molecule has 0 heterocycles. The number of alkyl halides is 3. The molecule has 0 aliphatic heterocycles. The first kappa shape index (κ1) is 8.80. The van der Waals surface area contributed by atoms with Crippen molar-refractivity contribution in [3.63, 3.8) is 0 Å². The third kappa shape index (κ3) is 1.88. The van der Waals surface area contributed by atoms with Crippen molar-refractivity contribution in [1.29, 1.82) is 0 Å². The minimum Gasteiger partial charge on any atom is -0.214 e. The molecule has 7 heteroatoms. The van der Waals surface area contributed by atoms with E-state index in [4.69, 9.17) is 0 Å². The first-order chi connectivity index (χ1) is 3.51. The molecule has 0 aromatic rings. The highest BCUT2D eigenvalue weighted by molar-refractivity contribution is 8.11. The Morgan fingerprint density at radius 3 is 1.33 bits per heavy atom. The summed E-state index contributed by atoms with van der Waals surface area (Å²) in [4.78, 5) is 0. The summed E-state index contributed by atoms with van der Waals surface area (Å²) < 4.78 is 64.8. The van der Waals surface area contributed by atoms with E-state index in [0.717, 1.165) is 0 Å². The van der Waals surface area contributed by atoms with Gasteiger partial charge in [0.05, 0.1) is 6.26 Å². The van der Waals surface area contributed by atoms with Crippen LogP contribution < -0.4 is 0 Å². The van der Waals surface area contributed by atoms with Crippen molar-refractivity contribution < 1.29 is 25.2 Å². The summed E-state index contributed by atoms with van der Waals surface area (Å²) in [6.07, 6.45) is -0.614. The molecule has 0 saturated heterocycles. The average molecular weight is 170 g/mol. The Balaban J connectivity index is 4.80. The molecule has 0 amide bonds. The maximum atomic E-state index is 11.3. The molecule has 58 valence electrons. The van der Waals surface area contributed by atoms with Gasteiger partial charge < -0.3 is 0 Å². The molecule has 0 aromatic carbocycles. The number of rotatable bonds is 0. The molecular weight excluding hydrogens is 167 g/mol. The van der Waals surface area contributed by atoms with E-state index in [2.05, 4.69) is 0 Å².